The summed E-state index contributed by atoms with van der Waals surface area (Å²) in [6, 6.07) is 9.98. The van der Waals surface area contributed by atoms with Gasteiger partial charge in [-0.3, -0.25) is 4.79 Å². The number of Topliss-reactive ketones (excluding diaryl/α,β-unsaturated/α-hetero) is 1. The van der Waals surface area contributed by atoms with Crippen LogP contribution in [0.5, 0.6) is 0 Å². The molecule has 0 saturated carbocycles. The normalized spacial score (nSPS) is 10.0. The maximum atomic E-state index is 11.1. The highest BCUT2D eigenvalue weighted by Crippen LogP contribution is 2.15. The van der Waals surface area contributed by atoms with Gasteiger partial charge in [-0.1, -0.05) is 18.2 Å². The number of aromatic nitrogens is 1. The minimum atomic E-state index is -0.179. The summed E-state index contributed by atoms with van der Waals surface area (Å²) in [5.74, 6) is -0.179. The molecule has 0 unspecified atom stereocenters. The van der Waals surface area contributed by atoms with Crippen LogP contribution in [0.25, 0.3) is 16.4 Å². The lowest BCUT2D eigenvalue weighted by molar-refractivity contribution is -0.116. The van der Waals surface area contributed by atoms with Gasteiger partial charge >= 0.3 is 6.21 Å². The molecule has 0 amide bonds. The van der Waals surface area contributed by atoms with Crippen molar-refractivity contribution in [3.8, 4) is 0 Å². The molecular formula is C12H11N3O. The number of fused-ring (bicyclic) bond motifs is 1. The van der Waals surface area contributed by atoms with E-state index in [-0.39, 0.29) is 5.78 Å². The number of carbonyl (C=O) groups is 1. The molecule has 2 aromatic rings. The first-order chi connectivity index (χ1) is 7.79. The summed E-state index contributed by atoms with van der Waals surface area (Å²) in [6.45, 7) is 0. The Labute approximate surface area is 92.5 Å². The maximum Gasteiger partial charge on any atom is 0.323 e. The summed E-state index contributed by atoms with van der Waals surface area (Å²) in [4.78, 5) is 17.0. The molecule has 0 fully saturated rings. The minimum Gasteiger partial charge on any atom is -0.361 e. The van der Waals surface area contributed by atoms with E-state index in [0.29, 0.717) is 12.8 Å². The van der Waals surface area contributed by atoms with Crippen molar-refractivity contribution in [2.24, 2.45) is 0 Å². The first-order valence-electron chi connectivity index (χ1n) is 5.06. The average Bonchev–Trinajstić information content (AvgIpc) is 2.69. The molecule has 1 N–H and O–H groups in total. The van der Waals surface area contributed by atoms with E-state index < -0.39 is 0 Å². The van der Waals surface area contributed by atoms with Crippen molar-refractivity contribution in [1.29, 1.82) is 0 Å². The zero-order chi connectivity index (χ0) is 11.4. The number of hydrogen-bond donors (Lipinski definition) is 1. The second-order valence-electron chi connectivity index (χ2n) is 3.59. The largest absolute Gasteiger partial charge is 0.361 e. The SMILES string of the molecule is [N-]=[N+]=CC(=O)CCc1cc2ccccc2[nH]1. The van der Waals surface area contributed by atoms with E-state index in [1.807, 2.05) is 30.3 Å². The highest BCUT2D eigenvalue weighted by molar-refractivity contribution is 6.25. The second kappa shape index (κ2) is 4.55. The van der Waals surface area contributed by atoms with Gasteiger partial charge in [0.2, 0.25) is 5.78 Å². The van der Waals surface area contributed by atoms with Crippen molar-refractivity contribution in [1.82, 2.24) is 4.98 Å². The lowest BCUT2D eigenvalue weighted by Gasteiger charge is -1.91. The van der Waals surface area contributed by atoms with Gasteiger partial charge in [0.05, 0.1) is 0 Å². The van der Waals surface area contributed by atoms with Gasteiger partial charge in [0, 0.05) is 17.6 Å². The number of rotatable bonds is 4. The fourth-order valence-electron chi connectivity index (χ4n) is 1.65. The topological polar surface area (TPSA) is 69.3 Å². The van der Waals surface area contributed by atoms with Gasteiger partial charge in [-0.05, 0) is 23.9 Å². The van der Waals surface area contributed by atoms with Crippen LogP contribution in [0.2, 0.25) is 0 Å². The smallest absolute Gasteiger partial charge is 0.323 e. The van der Waals surface area contributed by atoms with Crippen LogP contribution < -0.4 is 0 Å². The number of nitrogens with zero attached hydrogens (tertiary/aromatic N) is 2. The number of aromatic amines is 1. The van der Waals surface area contributed by atoms with Gasteiger partial charge in [-0.25, -0.2) is 0 Å². The number of ketones is 1. The van der Waals surface area contributed by atoms with E-state index in [9.17, 15) is 4.79 Å². The summed E-state index contributed by atoms with van der Waals surface area (Å²) in [6.07, 6.45) is 1.90. The number of H-pyrrole nitrogens is 1. The van der Waals surface area contributed by atoms with E-state index in [4.69, 9.17) is 5.53 Å². The molecule has 4 heteroatoms. The van der Waals surface area contributed by atoms with Crippen LogP contribution in [0.4, 0.5) is 0 Å². The molecule has 1 heterocycles. The van der Waals surface area contributed by atoms with Crippen molar-refractivity contribution < 1.29 is 9.58 Å². The fourth-order valence-corrected chi connectivity index (χ4v) is 1.65. The van der Waals surface area contributed by atoms with Crippen molar-refractivity contribution in [3.05, 3.63) is 41.6 Å². The van der Waals surface area contributed by atoms with E-state index in [2.05, 4.69) is 9.77 Å². The summed E-state index contributed by atoms with van der Waals surface area (Å²) >= 11 is 0. The van der Waals surface area contributed by atoms with Crippen molar-refractivity contribution in [3.63, 3.8) is 0 Å². The number of para-hydroxylation sites is 1. The Balaban J connectivity index is 2.10. The first-order valence-corrected chi connectivity index (χ1v) is 5.06. The molecular weight excluding hydrogens is 202 g/mol. The summed E-state index contributed by atoms with van der Waals surface area (Å²) in [5.41, 5.74) is 10.3. The maximum absolute atomic E-state index is 11.1. The highest BCUT2D eigenvalue weighted by atomic mass is 16.1. The Hall–Kier alpha value is -2.19. The third kappa shape index (κ3) is 2.24. The highest BCUT2D eigenvalue weighted by Gasteiger charge is 2.05. The standard InChI is InChI=1S/C12H11N3O/c13-14-8-11(16)6-5-10-7-9-3-1-2-4-12(9)15-10/h1-4,7-8,15H,5-6H2. The monoisotopic (exact) mass is 213 g/mol. The molecule has 1 aromatic carbocycles. The third-order valence-corrected chi connectivity index (χ3v) is 2.43. The Kier molecular flexibility index (Phi) is 2.94. The van der Waals surface area contributed by atoms with Gasteiger partial charge in [0.1, 0.15) is 0 Å². The molecule has 80 valence electrons. The Bertz CT molecular complexity index is 531. The van der Waals surface area contributed by atoms with E-state index in [1.54, 1.807) is 0 Å². The number of carbonyl (C=O) groups excluding carboxylic acids is 1. The Morgan fingerprint density at radius 2 is 2.25 bits per heavy atom. The quantitative estimate of drug-likeness (QED) is 0.471. The van der Waals surface area contributed by atoms with Crippen LogP contribution in [0.15, 0.2) is 30.3 Å². The molecule has 0 aliphatic carbocycles. The predicted octanol–water partition coefficient (Wildman–Crippen LogP) is 1.97. The van der Waals surface area contributed by atoms with Crippen LogP contribution in [0, 0.1) is 0 Å². The van der Waals surface area contributed by atoms with Crippen LogP contribution >= 0.6 is 0 Å². The number of hydrogen-bond acceptors (Lipinski definition) is 1. The average molecular weight is 213 g/mol. The summed E-state index contributed by atoms with van der Waals surface area (Å²) in [7, 11) is 0. The van der Waals surface area contributed by atoms with Gasteiger partial charge in [-0.15, -0.1) is 0 Å². The molecule has 0 saturated heterocycles. The van der Waals surface area contributed by atoms with Gasteiger partial charge in [0.25, 0.3) is 0 Å². The van der Waals surface area contributed by atoms with Crippen LogP contribution in [0.1, 0.15) is 12.1 Å². The molecule has 2 rings (SSSR count). The van der Waals surface area contributed by atoms with Crippen molar-refractivity contribution >= 4 is 22.9 Å². The van der Waals surface area contributed by atoms with Crippen LogP contribution in [-0.4, -0.2) is 21.8 Å². The third-order valence-electron chi connectivity index (χ3n) is 2.43. The number of benzene rings is 1. The van der Waals surface area contributed by atoms with Crippen LogP contribution in [0.3, 0.4) is 0 Å². The lowest BCUT2D eigenvalue weighted by Crippen LogP contribution is -2.01. The molecule has 0 radical (unpaired) electrons. The van der Waals surface area contributed by atoms with Crippen molar-refractivity contribution in [2.75, 3.05) is 0 Å². The molecule has 0 spiro atoms. The molecule has 0 aliphatic heterocycles. The van der Waals surface area contributed by atoms with Crippen LogP contribution in [-0.2, 0) is 11.2 Å². The molecule has 0 aliphatic rings. The molecule has 16 heavy (non-hydrogen) atoms. The number of nitrogens with one attached hydrogen (secondary N) is 1. The van der Waals surface area contributed by atoms with Gasteiger partial charge in [-0.2, -0.15) is 4.79 Å². The molecule has 4 nitrogen and oxygen atoms in total. The second-order valence-corrected chi connectivity index (χ2v) is 3.59. The van der Waals surface area contributed by atoms with E-state index in [1.165, 1.54) is 0 Å². The zero-order valence-corrected chi connectivity index (χ0v) is 8.68. The minimum absolute atomic E-state index is 0.179. The van der Waals surface area contributed by atoms with E-state index in [0.717, 1.165) is 22.8 Å². The van der Waals surface area contributed by atoms with Gasteiger partial charge < -0.3 is 10.5 Å². The predicted molar refractivity (Wildman–Crippen MR) is 61.3 cm³/mol. The number of aryl methyl sites for hydroxylation is 1. The Morgan fingerprint density at radius 3 is 3.00 bits per heavy atom. The molecule has 0 atom stereocenters. The first kappa shape index (κ1) is 10.3. The molecule has 0 bridgehead atoms. The Morgan fingerprint density at radius 1 is 1.44 bits per heavy atom. The lowest BCUT2D eigenvalue weighted by atomic mass is 10.2. The van der Waals surface area contributed by atoms with E-state index >= 15 is 0 Å². The van der Waals surface area contributed by atoms with Crippen molar-refractivity contribution in [2.45, 2.75) is 12.8 Å². The zero-order valence-electron chi connectivity index (χ0n) is 8.68. The van der Waals surface area contributed by atoms with Gasteiger partial charge in [0.15, 0.2) is 0 Å². The molecule has 1 aromatic heterocycles. The fraction of sp³-hybridized carbons (Fsp3) is 0.167. The summed E-state index contributed by atoms with van der Waals surface area (Å²) in [5, 5.41) is 1.14. The summed E-state index contributed by atoms with van der Waals surface area (Å²) < 4.78 is 0.